The molecule has 2 aromatic carbocycles. The summed E-state index contributed by atoms with van der Waals surface area (Å²) in [4.78, 5) is -1.10. The van der Waals surface area contributed by atoms with Gasteiger partial charge in [-0.1, -0.05) is 17.7 Å². The van der Waals surface area contributed by atoms with E-state index in [-0.39, 0.29) is 5.02 Å². The molecular weight excluding hydrogens is 348 g/mol. The Labute approximate surface area is 128 Å². The lowest BCUT2D eigenvalue weighted by molar-refractivity contribution is -0.139. The van der Waals surface area contributed by atoms with Crippen molar-refractivity contribution in [3.8, 4) is 5.75 Å². The number of hydrogen-bond donors (Lipinski definition) is 0. The third kappa shape index (κ3) is 3.69. The van der Waals surface area contributed by atoms with Gasteiger partial charge in [0.25, 0.3) is 0 Å². The average molecular weight is 355 g/mol. The van der Waals surface area contributed by atoms with Crippen molar-refractivity contribution in [1.82, 2.24) is 0 Å². The highest BCUT2D eigenvalue weighted by Crippen LogP contribution is 2.36. The zero-order valence-electron chi connectivity index (χ0n) is 10.6. The Morgan fingerprint density at radius 3 is 2.32 bits per heavy atom. The lowest BCUT2D eigenvalue weighted by atomic mass is 10.2. The molecule has 9 heteroatoms. The van der Waals surface area contributed by atoms with Crippen LogP contribution in [0.3, 0.4) is 0 Å². The summed E-state index contributed by atoms with van der Waals surface area (Å²) in [6.45, 7) is 0. The van der Waals surface area contributed by atoms with Crippen LogP contribution in [0.5, 0.6) is 5.75 Å². The summed E-state index contributed by atoms with van der Waals surface area (Å²) in [6, 6.07) is 6.17. The zero-order valence-corrected chi connectivity index (χ0v) is 12.1. The van der Waals surface area contributed by atoms with E-state index in [1.807, 2.05) is 0 Å². The largest absolute Gasteiger partial charge is 0.417 e. The molecule has 22 heavy (non-hydrogen) atoms. The van der Waals surface area contributed by atoms with Gasteiger partial charge in [-0.05, 0) is 30.3 Å². The summed E-state index contributed by atoms with van der Waals surface area (Å²) < 4.78 is 80.3. The van der Waals surface area contributed by atoms with Crippen molar-refractivity contribution in [1.29, 1.82) is 0 Å². The van der Waals surface area contributed by atoms with Crippen LogP contribution in [-0.4, -0.2) is 8.42 Å². The molecule has 0 fully saturated rings. The van der Waals surface area contributed by atoms with Gasteiger partial charge in [0.2, 0.25) is 0 Å². The third-order valence-electron chi connectivity index (χ3n) is 2.52. The molecular formula is C13H7ClF4O3S. The van der Waals surface area contributed by atoms with Gasteiger partial charge in [-0.2, -0.15) is 21.6 Å². The van der Waals surface area contributed by atoms with Crippen molar-refractivity contribution >= 4 is 21.7 Å². The Balaban J connectivity index is 2.50. The maximum Gasteiger partial charge on any atom is 0.417 e. The first kappa shape index (κ1) is 16.6. The Hall–Kier alpha value is -1.80. The van der Waals surface area contributed by atoms with Gasteiger partial charge in [0.15, 0.2) is 0 Å². The van der Waals surface area contributed by atoms with E-state index in [4.69, 9.17) is 11.6 Å². The molecule has 0 aromatic heterocycles. The van der Waals surface area contributed by atoms with E-state index in [2.05, 4.69) is 4.18 Å². The first-order valence-electron chi connectivity index (χ1n) is 5.66. The fourth-order valence-corrected chi connectivity index (χ4v) is 2.93. The van der Waals surface area contributed by atoms with Crippen molar-refractivity contribution in [3.63, 3.8) is 0 Å². The SMILES string of the molecule is O=S(=O)(Oc1cccc(F)c1)c1ccc(Cl)cc1C(F)(F)F. The van der Waals surface area contributed by atoms with Crippen molar-refractivity contribution in [3.05, 3.63) is 58.9 Å². The van der Waals surface area contributed by atoms with E-state index in [0.29, 0.717) is 12.1 Å². The monoisotopic (exact) mass is 354 g/mol. The number of rotatable bonds is 3. The van der Waals surface area contributed by atoms with Crippen LogP contribution in [0.4, 0.5) is 17.6 Å². The first-order valence-corrected chi connectivity index (χ1v) is 7.45. The van der Waals surface area contributed by atoms with E-state index in [9.17, 15) is 26.0 Å². The molecule has 0 aliphatic heterocycles. The smallest absolute Gasteiger partial charge is 0.379 e. The Morgan fingerprint density at radius 1 is 1.05 bits per heavy atom. The Bertz CT molecular complexity index is 803. The molecule has 0 aliphatic rings. The highest BCUT2D eigenvalue weighted by Gasteiger charge is 2.38. The second-order valence-electron chi connectivity index (χ2n) is 4.13. The van der Waals surface area contributed by atoms with Gasteiger partial charge < -0.3 is 4.18 Å². The molecule has 0 unspecified atom stereocenters. The van der Waals surface area contributed by atoms with E-state index < -0.39 is 38.3 Å². The molecule has 0 radical (unpaired) electrons. The number of hydrogen-bond acceptors (Lipinski definition) is 3. The van der Waals surface area contributed by atoms with E-state index in [1.54, 1.807) is 0 Å². The summed E-state index contributed by atoms with van der Waals surface area (Å²) in [7, 11) is -4.81. The van der Waals surface area contributed by atoms with Crippen LogP contribution < -0.4 is 4.18 Å². The van der Waals surface area contributed by atoms with Crippen molar-refractivity contribution in [2.75, 3.05) is 0 Å². The minimum Gasteiger partial charge on any atom is -0.379 e. The average Bonchev–Trinajstić information content (AvgIpc) is 2.36. The first-order chi connectivity index (χ1) is 10.1. The summed E-state index contributed by atoms with van der Waals surface area (Å²) in [5, 5.41) is -0.281. The summed E-state index contributed by atoms with van der Waals surface area (Å²) in [5.41, 5.74) is -1.46. The quantitative estimate of drug-likeness (QED) is 0.611. The van der Waals surface area contributed by atoms with E-state index in [0.717, 1.165) is 30.3 Å². The van der Waals surface area contributed by atoms with Gasteiger partial charge in [0, 0.05) is 11.1 Å². The highest BCUT2D eigenvalue weighted by atomic mass is 35.5. The summed E-state index contributed by atoms with van der Waals surface area (Å²) >= 11 is 5.47. The number of benzene rings is 2. The molecule has 0 amide bonds. The van der Waals surface area contributed by atoms with Gasteiger partial charge in [0.1, 0.15) is 16.5 Å². The topological polar surface area (TPSA) is 43.4 Å². The molecule has 0 bridgehead atoms. The molecule has 0 N–H and O–H groups in total. The maximum absolute atomic E-state index is 13.0. The van der Waals surface area contributed by atoms with Crippen LogP contribution in [0, 0.1) is 5.82 Å². The second kappa shape index (κ2) is 5.77. The van der Waals surface area contributed by atoms with Crippen LogP contribution in [0.1, 0.15) is 5.56 Å². The molecule has 0 aliphatic carbocycles. The standard InChI is InChI=1S/C13H7ClF4O3S/c14-8-4-5-12(11(6-8)13(16,17)18)22(19,20)21-10-3-1-2-9(15)7-10/h1-7H. The molecule has 0 heterocycles. The normalized spacial score (nSPS) is 12.2. The van der Waals surface area contributed by atoms with Gasteiger partial charge >= 0.3 is 16.3 Å². The minimum atomic E-state index is -4.95. The third-order valence-corrected chi connectivity index (χ3v) is 4.06. The van der Waals surface area contributed by atoms with E-state index >= 15 is 0 Å². The molecule has 0 spiro atoms. The lowest BCUT2D eigenvalue weighted by Crippen LogP contribution is -2.17. The molecule has 2 aromatic rings. The summed E-state index contributed by atoms with van der Waals surface area (Å²) in [6.07, 6.45) is -4.95. The minimum absolute atomic E-state index is 0.281. The maximum atomic E-state index is 13.0. The van der Waals surface area contributed by atoms with Crippen LogP contribution >= 0.6 is 11.6 Å². The number of halogens is 5. The predicted octanol–water partition coefficient (Wildman–Crippen LogP) is 4.27. The van der Waals surface area contributed by atoms with Crippen molar-refractivity contribution < 1.29 is 30.2 Å². The lowest BCUT2D eigenvalue weighted by Gasteiger charge is -2.14. The Morgan fingerprint density at radius 2 is 1.73 bits per heavy atom. The van der Waals surface area contributed by atoms with Gasteiger partial charge in [-0.3, -0.25) is 0 Å². The van der Waals surface area contributed by atoms with E-state index in [1.165, 1.54) is 0 Å². The van der Waals surface area contributed by atoms with Crippen LogP contribution in [0.15, 0.2) is 47.4 Å². The van der Waals surface area contributed by atoms with Crippen molar-refractivity contribution in [2.45, 2.75) is 11.1 Å². The van der Waals surface area contributed by atoms with Gasteiger partial charge in [-0.25, -0.2) is 4.39 Å². The summed E-state index contributed by atoms with van der Waals surface area (Å²) in [5.74, 6) is -1.23. The zero-order chi connectivity index (χ0) is 16.5. The van der Waals surface area contributed by atoms with Gasteiger partial charge in [0.05, 0.1) is 5.56 Å². The number of alkyl halides is 3. The highest BCUT2D eigenvalue weighted by molar-refractivity contribution is 7.87. The van der Waals surface area contributed by atoms with Gasteiger partial charge in [-0.15, -0.1) is 0 Å². The molecule has 118 valence electrons. The molecule has 0 saturated heterocycles. The molecule has 0 saturated carbocycles. The predicted molar refractivity (Wildman–Crippen MR) is 70.7 cm³/mol. The fourth-order valence-electron chi connectivity index (χ4n) is 1.63. The van der Waals surface area contributed by atoms with Crippen molar-refractivity contribution in [2.24, 2.45) is 0 Å². The van der Waals surface area contributed by atoms with Crippen LogP contribution in [-0.2, 0) is 16.3 Å². The molecule has 2 rings (SSSR count). The Kier molecular flexibility index (Phi) is 4.35. The second-order valence-corrected chi connectivity index (χ2v) is 6.08. The van der Waals surface area contributed by atoms with Crippen LogP contribution in [0.25, 0.3) is 0 Å². The molecule has 3 nitrogen and oxygen atoms in total. The fraction of sp³-hybridized carbons (Fsp3) is 0.0769. The van der Waals surface area contributed by atoms with Crippen LogP contribution in [0.2, 0.25) is 5.02 Å². The molecule has 0 atom stereocenters.